The van der Waals surface area contributed by atoms with Crippen LogP contribution in [-0.2, 0) is 20.9 Å². The first kappa shape index (κ1) is 34.8. The van der Waals surface area contributed by atoms with Crippen LogP contribution in [0.1, 0.15) is 75.8 Å². The smallest absolute Gasteiger partial charge is 1.00 e. The van der Waals surface area contributed by atoms with Gasteiger partial charge in [-0.3, -0.25) is 4.79 Å². The summed E-state index contributed by atoms with van der Waals surface area (Å²) >= 11 is 1.54. The summed E-state index contributed by atoms with van der Waals surface area (Å²) in [6, 6.07) is 12.5. The first-order chi connectivity index (χ1) is 19.0. The molecule has 0 aromatic heterocycles. The molecule has 1 saturated carbocycles. The monoisotopic (exact) mass is 578 g/mol. The molecule has 0 saturated heterocycles. The first-order valence-corrected chi connectivity index (χ1v) is 15.2. The molecule has 2 amide bonds. The molecule has 1 fully saturated rings. The van der Waals surface area contributed by atoms with Crippen LogP contribution in [0.3, 0.4) is 0 Å². The van der Waals surface area contributed by atoms with Crippen LogP contribution in [0.2, 0.25) is 0 Å². The summed E-state index contributed by atoms with van der Waals surface area (Å²) in [5.41, 5.74) is 3.52. The van der Waals surface area contributed by atoms with E-state index in [1.807, 2.05) is 70.3 Å². The molecule has 0 bridgehead atoms. The molecule has 0 aliphatic heterocycles. The Labute approximate surface area is 261 Å². The molecule has 10 heteroatoms. The first-order valence-electron chi connectivity index (χ1n) is 13.8. The Morgan fingerprint density at radius 2 is 1.76 bits per heavy atom. The Bertz CT molecular complexity index is 1180. The molecule has 2 aromatic rings. The van der Waals surface area contributed by atoms with Crippen LogP contribution in [0, 0.1) is 6.92 Å². The number of hydrogen-bond donors (Lipinski definition) is 3. The number of carboxylic acid groups (broad SMARTS) is 1. The van der Waals surface area contributed by atoms with Gasteiger partial charge in [0.25, 0.3) is 5.91 Å². The third-order valence-corrected chi connectivity index (χ3v) is 7.50. The minimum atomic E-state index is -1.04. The summed E-state index contributed by atoms with van der Waals surface area (Å²) in [4.78, 5) is 37.1. The Hall–Kier alpha value is -2.44. The number of carbonyl (C=O) groups is 3. The van der Waals surface area contributed by atoms with E-state index in [4.69, 9.17) is 9.47 Å². The van der Waals surface area contributed by atoms with E-state index in [9.17, 15) is 19.5 Å². The van der Waals surface area contributed by atoms with Gasteiger partial charge in [-0.25, -0.2) is 9.59 Å². The van der Waals surface area contributed by atoms with Crippen molar-refractivity contribution in [3.05, 3.63) is 59.2 Å². The molecule has 2 aromatic carbocycles. The van der Waals surface area contributed by atoms with Crippen molar-refractivity contribution < 1.29 is 49.3 Å². The number of aliphatic carboxylic acids is 1. The Morgan fingerprint density at radius 3 is 2.37 bits per heavy atom. The quantitative estimate of drug-likeness (QED) is 0.351. The largest absolute Gasteiger partial charge is 1.00 e. The van der Waals surface area contributed by atoms with E-state index in [0.29, 0.717) is 24.3 Å². The van der Waals surface area contributed by atoms with E-state index in [1.165, 1.54) is 0 Å². The van der Waals surface area contributed by atoms with Gasteiger partial charge in [0, 0.05) is 11.6 Å². The predicted molar refractivity (Wildman–Crippen MR) is 160 cm³/mol. The van der Waals surface area contributed by atoms with Gasteiger partial charge in [0.15, 0.2) is 0 Å². The number of thioether (sulfide) groups is 1. The molecule has 0 spiro atoms. The molecule has 220 valence electrons. The molecule has 8 nitrogen and oxygen atoms in total. The van der Waals surface area contributed by atoms with E-state index in [0.717, 1.165) is 47.9 Å². The van der Waals surface area contributed by atoms with Crippen molar-refractivity contribution in [2.45, 2.75) is 90.2 Å². The van der Waals surface area contributed by atoms with Gasteiger partial charge in [-0.15, -0.1) is 0 Å². The van der Waals surface area contributed by atoms with E-state index in [-0.39, 0.29) is 38.5 Å². The predicted octanol–water partition coefficient (Wildman–Crippen LogP) is 3.07. The van der Waals surface area contributed by atoms with Crippen LogP contribution >= 0.6 is 11.8 Å². The summed E-state index contributed by atoms with van der Waals surface area (Å²) < 4.78 is 11.6. The molecule has 0 heterocycles. The summed E-state index contributed by atoms with van der Waals surface area (Å²) in [5, 5.41) is 15.3. The van der Waals surface area contributed by atoms with Gasteiger partial charge < -0.3 is 26.6 Å². The zero-order valence-electron chi connectivity index (χ0n) is 26.1. The molecular formula is C31H43LiN2O6S. The molecule has 1 aliphatic rings. The zero-order valence-corrected chi connectivity index (χ0v) is 25.9. The number of ether oxygens (including phenoxy) is 2. The summed E-state index contributed by atoms with van der Waals surface area (Å²) in [7, 11) is 0. The Morgan fingerprint density at radius 1 is 1.07 bits per heavy atom. The molecule has 3 rings (SSSR count). The average molecular weight is 579 g/mol. The molecular weight excluding hydrogens is 535 g/mol. The van der Waals surface area contributed by atoms with Crippen LogP contribution in [0.4, 0.5) is 4.79 Å². The number of rotatable bonds is 11. The number of carboxylic acids is 1. The fourth-order valence-corrected chi connectivity index (χ4v) is 5.24. The van der Waals surface area contributed by atoms with Gasteiger partial charge in [0.05, 0.1) is 12.7 Å². The van der Waals surface area contributed by atoms with Gasteiger partial charge in [-0.2, -0.15) is 11.8 Å². The second kappa shape index (κ2) is 16.3. The van der Waals surface area contributed by atoms with Crippen LogP contribution < -0.4 is 29.5 Å². The second-order valence-electron chi connectivity index (χ2n) is 11.3. The molecule has 0 unspecified atom stereocenters. The number of carbonyl (C=O) groups excluding carboxylic acids is 2. The van der Waals surface area contributed by atoms with Gasteiger partial charge >= 0.3 is 30.9 Å². The zero-order chi connectivity index (χ0) is 29.3. The number of alkyl carbamates (subject to hydrolysis) is 1. The molecule has 0 radical (unpaired) electrons. The fourth-order valence-electron chi connectivity index (χ4n) is 4.77. The summed E-state index contributed by atoms with van der Waals surface area (Å²) in [6.45, 7) is 7.92. The Kier molecular flexibility index (Phi) is 13.8. The van der Waals surface area contributed by atoms with Crippen molar-refractivity contribution in [1.29, 1.82) is 0 Å². The number of benzene rings is 2. The second-order valence-corrected chi connectivity index (χ2v) is 12.3. The van der Waals surface area contributed by atoms with E-state index in [1.54, 1.807) is 17.8 Å². The minimum absolute atomic E-state index is 0. The van der Waals surface area contributed by atoms with Crippen molar-refractivity contribution in [3.8, 4) is 11.1 Å². The minimum Gasteiger partial charge on any atom is -1.00 e. The molecule has 1 atom stereocenters. The maximum Gasteiger partial charge on any atom is 1.00 e. The van der Waals surface area contributed by atoms with Crippen molar-refractivity contribution in [1.82, 2.24) is 10.6 Å². The van der Waals surface area contributed by atoms with Crippen LogP contribution in [-0.4, -0.2) is 58.9 Å². The van der Waals surface area contributed by atoms with Crippen molar-refractivity contribution >= 4 is 29.7 Å². The number of hydrogen-bond acceptors (Lipinski definition) is 6. The molecule has 3 N–H and O–H groups in total. The SMILES string of the molecule is CSCC[C@H](NC(=O)c1ccc(COC2CCC(NC(=O)OC(C)(C)C)CC2)cc1-c1ccccc1C)C(=O)O.[H-].[Li+]. The van der Waals surface area contributed by atoms with E-state index < -0.39 is 23.5 Å². The third-order valence-electron chi connectivity index (χ3n) is 6.86. The fraction of sp³-hybridized carbons (Fsp3) is 0.516. The van der Waals surface area contributed by atoms with Gasteiger partial charge in [-0.05, 0) is 106 Å². The number of nitrogens with one attached hydrogen (secondary N) is 2. The van der Waals surface area contributed by atoms with Gasteiger partial charge in [-0.1, -0.05) is 30.3 Å². The van der Waals surface area contributed by atoms with Gasteiger partial charge in [0.2, 0.25) is 0 Å². The summed E-state index contributed by atoms with van der Waals surface area (Å²) in [5.74, 6) is -0.812. The Balaban J connectivity index is 0.00000441. The van der Waals surface area contributed by atoms with Crippen molar-refractivity contribution in [2.24, 2.45) is 0 Å². The van der Waals surface area contributed by atoms with Crippen LogP contribution in [0.15, 0.2) is 42.5 Å². The van der Waals surface area contributed by atoms with Crippen molar-refractivity contribution in [2.75, 3.05) is 12.0 Å². The normalized spacial score (nSPS) is 17.6. The third kappa shape index (κ3) is 11.0. The van der Waals surface area contributed by atoms with Crippen LogP contribution in [0.25, 0.3) is 11.1 Å². The standard InChI is InChI=1S/C31H42N2O6S.Li.H/c1-20-8-6-7-9-24(20)26-18-21(10-15-25(26)28(34)33-27(29(35)36)16-17-40-5)19-38-23-13-11-22(12-14-23)32-30(37)39-31(2,3)4;;/h6-10,15,18,22-23,27H,11-14,16-17,19H2,1-5H3,(H,32,37)(H,33,34)(H,35,36);;/q;+1;-1/t22?,23?,27-;;/m0../s1. The molecule has 41 heavy (non-hydrogen) atoms. The topological polar surface area (TPSA) is 114 Å². The number of amides is 2. The summed E-state index contributed by atoms with van der Waals surface area (Å²) in [6.07, 6.45) is 5.25. The maximum absolute atomic E-state index is 13.3. The van der Waals surface area contributed by atoms with Crippen LogP contribution in [0.5, 0.6) is 0 Å². The van der Waals surface area contributed by atoms with E-state index in [2.05, 4.69) is 10.6 Å². The molecule has 1 aliphatic carbocycles. The van der Waals surface area contributed by atoms with E-state index >= 15 is 0 Å². The average Bonchev–Trinajstić information content (AvgIpc) is 2.89. The number of aryl methyl sites for hydroxylation is 1. The van der Waals surface area contributed by atoms with Crippen molar-refractivity contribution in [3.63, 3.8) is 0 Å². The maximum atomic E-state index is 13.3. The van der Waals surface area contributed by atoms with Gasteiger partial charge in [0.1, 0.15) is 11.6 Å².